The molecule has 0 amide bonds. The van der Waals surface area contributed by atoms with Crippen molar-refractivity contribution >= 4 is 32.5 Å². The highest BCUT2D eigenvalue weighted by atomic mass is 32.1. The van der Waals surface area contributed by atoms with Crippen molar-refractivity contribution in [2.24, 2.45) is 0 Å². The van der Waals surface area contributed by atoms with E-state index in [2.05, 4.69) is 11.1 Å². The smallest absolute Gasteiger partial charge is 0.234 e. The first-order valence-electron chi connectivity index (χ1n) is 4.62. The first-order chi connectivity index (χ1) is 7.33. The fourth-order valence-electron chi connectivity index (χ4n) is 1.60. The van der Waals surface area contributed by atoms with E-state index in [0.29, 0.717) is 0 Å². The van der Waals surface area contributed by atoms with Crippen LogP contribution >= 0.6 is 11.3 Å². The normalized spacial score (nSPS) is 10.9. The Labute approximate surface area is 89.8 Å². The summed E-state index contributed by atoms with van der Waals surface area (Å²) in [5, 5.41) is 2.13. The van der Waals surface area contributed by atoms with Gasteiger partial charge in [-0.05, 0) is 24.3 Å². The second kappa shape index (κ2) is 3.14. The first-order valence-corrected chi connectivity index (χ1v) is 5.44. The number of aromatic nitrogens is 1. The summed E-state index contributed by atoms with van der Waals surface area (Å²) in [6.07, 6.45) is 0. The molecule has 0 saturated heterocycles. The van der Waals surface area contributed by atoms with Crippen molar-refractivity contribution in [3.05, 3.63) is 52.0 Å². The van der Waals surface area contributed by atoms with E-state index in [1.54, 1.807) is 6.07 Å². The van der Waals surface area contributed by atoms with Crippen LogP contribution in [0.1, 0.15) is 0 Å². The van der Waals surface area contributed by atoms with Crippen LogP contribution in [0.5, 0.6) is 0 Å². The lowest BCUT2D eigenvalue weighted by Crippen LogP contribution is -1.90. The van der Waals surface area contributed by atoms with Gasteiger partial charge in [-0.2, -0.15) is 0 Å². The van der Waals surface area contributed by atoms with E-state index in [-0.39, 0.29) is 4.74 Å². The van der Waals surface area contributed by atoms with E-state index in [1.165, 1.54) is 11.3 Å². The van der Waals surface area contributed by atoms with Crippen LogP contribution in [0.25, 0.3) is 21.1 Å². The second-order valence-corrected chi connectivity index (χ2v) is 4.32. The summed E-state index contributed by atoms with van der Waals surface area (Å²) in [5.74, 6) is 0. The molecule has 0 bridgehead atoms. The molecule has 0 saturated carbocycles. The number of fused-ring (bicyclic) bond motifs is 2. The van der Waals surface area contributed by atoms with Crippen molar-refractivity contribution in [3.8, 4) is 0 Å². The van der Waals surface area contributed by atoms with Gasteiger partial charge in [0, 0.05) is 10.8 Å². The van der Waals surface area contributed by atoms with Crippen LogP contribution in [-0.2, 0) is 0 Å². The van der Waals surface area contributed by atoms with Gasteiger partial charge in [-0.1, -0.05) is 29.5 Å². The molecule has 3 heteroatoms. The number of para-hydroxylation sites is 1. The molecular weight excluding hydrogens is 206 g/mol. The van der Waals surface area contributed by atoms with Crippen molar-refractivity contribution in [2.45, 2.75) is 0 Å². The van der Waals surface area contributed by atoms with Gasteiger partial charge >= 0.3 is 0 Å². The zero-order chi connectivity index (χ0) is 10.3. The van der Waals surface area contributed by atoms with E-state index in [4.69, 9.17) is 0 Å². The lowest BCUT2D eigenvalue weighted by Gasteiger charge is -1.98. The molecule has 72 valence electrons. The molecule has 0 spiro atoms. The van der Waals surface area contributed by atoms with Crippen LogP contribution in [0.2, 0.25) is 0 Å². The van der Waals surface area contributed by atoms with E-state index in [0.717, 1.165) is 21.1 Å². The summed E-state index contributed by atoms with van der Waals surface area (Å²) in [5.41, 5.74) is 0.937. The highest BCUT2D eigenvalue weighted by Crippen LogP contribution is 2.19. The third kappa shape index (κ3) is 1.41. The maximum atomic E-state index is 11.2. The Hall–Kier alpha value is -1.74. The number of hydrogen-bond donors (Lipinski definition) is 0. The van der Waals surface area contributed by atoms with Gasteiger partial charge in [-0.25, -0.2) is 4.98 Å². The molecule has 2 aromatic heterocycles. The molecular formula is C12H7NOS. The van der Waals surface area contributed by atoms with Crippen LogP contribution < -0.4 is 4.74 Å². The predicted molar refractivity (Wildman–Crippen MR) is 63.4 cm³/mol. The third-order valence-electron chi connectivity index (χ3n) is 2.31. The van der Waals surface area contributed by atoms with Crippen molar-refractivity contribution in [2.75, 3.05) is 0 Å². The molecule has 0 aliphatic heterocycles. The molecule has 0 aliphatic rings. The van der Waals surface area contributed by atoms with Gasteiger partial charge in [0.2, 0.25) is 4.74 Å². The SMILES string of the molecule is O=c1ccc2cc3ccccc3nc2s1. The monoisotopic (exact) mass is 213 g/mol. The number of hydrogen-bond acceptors (Lipinski definition) is 3. The zero-order valence-electron chi connectivity index (χ0n) is 7.81. The van der Waals surface area contributed by atoms with Crippen LogP contribution in [-0.4, -0.2) is 4.98 Å². The second-order valence-electron chi connectivity index (χ2n) is 3.33. The standard InChI is InChI=1S/C12H7NOS/c14-11-6-5-9-7-8-3-1-2-4-10(8)13-12(9)15-11/h1-7H. The number of nitrogens with zero attached hydrogens (tertiary/aromatic N) is 1. The quantitative estimate of drug-likeness (QED) is 0.537. The average molecular weight is 213 g/mol. The molecule has 0 unspecified atom stereocenters. The van der Waals surface area contributed by atoms with Crippen LogP contribution in [0.15, 0.2) is 47.3 Å². The topological polar surface area (TPSA) is 30.0 Å². The lowest BCUT2D eigenvalue weighted by molar-refractivity contribution is 1.53. The van der Waals surface area contributed by atoms with Crippen LogP contribution in [0, 0.1) is 0 Å². The summed E-state index contributed by atoms with van der Waals surface area (Å²) in [7, 11) is 0. The molecule has 0 N–H and O–H groups in total. The molecule has 0 fully saturated rings. The molecule has 3 rings (SSSR count). The summed E-state index contributed by atoms with van der Waals surface area (Å²) >= 11 is 1.19. The number of rotatable bonds is 0. The Morgan fingerprint density at radius 2 is 1.87 bits per heavy atom. The van der Waals surface area contributed by atoms with Gasteiger partial charge in [-0.15, -0.1) is 0 Å². The Bertz CT molecular complexity index is 702. The molecule has 15 heavy (non-hydrogen) atoms. The Kier molecular flexibility index (Phi) is 1.79. The first kappa shape index (κ1) is 8.56. The highest BCUT2D eigenvalue weighted by molar-refractivity contribution is 7.15. The lowest BCUT2D eigenvalue weighted by atomic mass is 10.2. The van der Waals surface area contributed by atoms with Gasteiger partial charge in [-0.3, -0.25) is 4.79 Å². The van der Waals surface area contributed by atoms with Crippen molar-refractivity contribution in [3.63, 3.8) is 0 Å². The number of benzene rings is 1. The van der Waals surface area contributed by atoms with Gasteiger partial charge in [0.05, 0.1) is 5.52 Å². The van der Waals surface area contributed by atoms with Crippen LogP contribution in [0.3, 0.4) is 0 Å². The van der Waals surface area contributed by atoms with Crippen LogP contribution in [0.4, 0.5) is 0 Å². The van der Waals surface area contributed by atoms with Gasteiger partial charge in [0.25, 0.3) is 0 Å². The molecule has 2 nitrogen and oxygen atoms in total. The van der Waals surface area contributed by atoms with Gasteiger partial charge < -0.3 is 0 Å². The Morgan fingerprint density at radius 3 is 2.80 bits per heavy atom. The van der Waals surface area contributed by atoms with E-state index >= 15 is 0 Å². The average Bonchev–Trinajstić information content (AvgIpc) is 2.26. The highest BCUT2D eigenvalue weighted by Gasteiger charge is 1.99. The Balaban J connectivity index is 2.53. The van der Waals surface area contributed by atoms with E-state index < -0.39 is 0 Å². The molecule has 1 aromatic carbocycles. The minimum atomic E-state index is 0.0466. The van der Waals surface area contributed by atoms with Gasteiger partial charge in [0.15, 0.2) is 0 Å². The summed E-state index contributed by atoms with van der Waals surface area (Å²) in [6, 6.07) is 13.4. The van der Waals surface area contributed by atoms with Crippen molar-refractivity contribution in [1.29, 1.82) is 0 Å². The summed E-state index contributed by atoms with van der Waals surface area (Å²) < 4.78 is 0.0466. The molecule has 3 aromatic rings. The van der Waals surface area contributed by atoms with E-state index in [1.807, 2.05) is 30.3 Å². The molecule has 2 heterocycles. The fourth-order valence-corrected chi connectivity index (χ4v) is 2.32. The largest absolute Gasteiger partial charge is 0.278 e. The number of pyridine rings is 1. The summed E-state index contributed by atoms with van der Waals surface area (Å²) in [6.45, 7) is 0. The third-order valence-corrected chi connectivity index (χ3v) is 3.17. The minimum Gasteiger partial charge on any atom is -0.278 e. The fraction of sp³-hybridized carbons (Fsp3) is 0. The predicted octanol–water partition coefficient (Wildman–Crippen LogP) is 2.81. The summed E-state index contributed by atoms with van der Waals surface area (Å²) in [4.78, 5) is 16.5. The minimum absolute atomic E-state index is 0.0466. The molecule has 0 radical (unpaired) electrons. The molecule has 0 atom stereocenters. The molecule has 0 aliphatic carbocycles. The van der Waals surface area contributed by atoms with Crippen molar-refractivity contribution in [1.82, 2.24) is 4.98 Å². The van der Waals surface area contributed by atoms with Crippen molar-refractivity contribution < 1.29 is 0 Å². The van der Waals surface area contributed by atoms with Gasteiger partial charge in [0.1, 0.15) is 4.83 Å². The maximum absolute atomic E-state index is 11.2. The van der Waals surface area contributed by atoms with E-state index in [9.17, 15) is 4.79 Å². The Morgan fingerprint density at radius 1 is 1.00 bits per heavy atom. The maximum Gasteiger partial charge on any atom is 0.234 e. The zero-order valence-corrected chi connectivity index (χ0v) is 8.62.